The van der Waals surface area contributed by atoms with E-state index in [1.54, 1.807) is 12.1 Å². The molecule has 0 N–H and O–H groups in total. The van der Waals surface area contributed by atoms with Gasteiger partial charge in [0.05, 0.1) is 4.90 Å². The van der Waals surface area contributed by atoms with Crippen molar-refractivity contribution in [1.29, 1.82) is 0 Å². The highest BCUT2D eigenvalue weighted by atomic mass is 35.7. The first-order chi connectivity index (χ1) is 9.70. The van der Waals surface area contributed by atoms with Crippen molar-refractivity contribution < 1.29 is 13.2 Å². The Morgan fingerprint density at radius 2 is 1.95 bits per heavy atom. The minimum Gasteiger partial charge on any atom is -0.335 e. The maximum absolute atomic E-state index is 12.7. The SMILES string of the molecule is CC1CC(C)C(C)N(C(=O)c2cccc(S(=O)(=O)Cl)c2)C1. The number of benzene rings is 1. The first-order valence-electron chi connectivity index (χ1n) is 7.06. The third-order valence-electron chi connectivity index (χ3n) is 4.22. The van der Waals surface area contributed by atoms with Crippen LogP contribution in [-0.2, 0) is 9.05 Å². The fraction of sp³-hybridized carbons (Fsp3) is 0.533. The van der Waals surface area contributed by atoms with Gasteiger partial charge in [-0.3, -0.25) is 4.79 Å². The van der Waals surface area contributed by atoms with Crippen molar-refractivity contribution in [2.45, 2.75) is 38.1 Å². The van der Waals surface area contributed by atoms with E-state index >= 15 is 0 Å². The van der Waals surface area contributed by atoms with Crippen molar-refractivity contribution in [3.05, 3.63) is 29.8 Å². The molecule has 1 amide bonds. The molecule has 4 nitrogen and oxygen atoms in total. The summed E-state index contributed by atoms with van der Waals surface area (Å²) in [7, 11) is 1.52. The van der Waals surface area contributed by atoms with Crippen LogP contribution in [0.1, 0.15) is 37.6 Å². The van der Waals surface area contributed by atoms with Gasteiger partial charge >= 0.3 is 0 Å². The molecule has 1 aromatic carbocycles. The lowest BCUT2D eigenvalue weighted by Gasteiger charge is -2.41. The number of hydrogen-bond acceptors (Lipinski definition) is 3. The number of piperidine rings is 1. The molecule has 0 bridgehead atoms. The summed E-state index contributed by atoms with van der Waals surface area (Å²) in [5.74, 6) is 0.737. The third kappa shape index (κ3) is 3.58. The molecule has 6 heteroatoms. The van der Waals surface area contributed by atoms with Gasteiger partial charge in [0.2, 0.25) is 0 Å². The van der Waals surface area contributed by atoms with E-state index in [0.717, 1.165) is 6.42 Å². The average Bonchev–Trinajstić information content (AvgIpc) is 2.41. The Morgan fingerprint density at radius 1 is 1.29 bits per heavy atom. The maximum atomic E-state index is 12.7. The Kier molecular flexibility index (Phi) is 4.63. The molecule has 0 aromatic heterocycles. The molecule has 2 rings (SSSR count). The van der Waals surface area contributed by atoms with E-state index in [-0.39, 0.29) is 16.8 Å². The second-order valence-corrected chi connectivity index (χ2v) is 8.55. The summed E-state index contributed by atoms with van der Waals surface area (Å²) in [4.78, 5) is 14.5. The molecule has 0 saturated carbocycles. The second kappa shape index (κ2) is 5.97. The number of nitrogens with zero attached hydrogens (tertiary/aromatic N) is 1. The first kappa shape index (κ1) is 16.3. The Hall–Kier alpha value is -1.07. The largest absolute Gasteiger partial charge is 0.335 e. The van der Waals surface area contributed by atoms with Crippen LogP contribution in [0.3, 0.4) is 0 Å². The fourth-order valence-electron chi connectivity index (χ4n) is 2.93. The van der Waals surface area contributed by atoms with Crippen LogP contribution >= 0.6 is 10.7 Å². The van der Waals surface area contributed by atoms with Gasteiger partial charge in [-0.15, -0.1) is 0 Å². The second-order valence-electron chi connectivity index (χ2n) is 5.98. The van der Waals surface area contributed by atoms with Gasteiger partial charge in [0.25, 0.3) is 15.0 Å². The summed E-state index contributed by atoms with van der Waals surface area (Å²) in [5.41, 5.74) is 0.366. The van der Waals surface area contributed by atoms with Crippen molar-refractivity contribution in [2.75, 3.05) is 6.54 Å². The zero-order chi connectivity index (χ0) is 15.8. The monoisotopic (exact) mass is 329 g/mol. The molecule has 1 heterocycles. The topological polar surface area (TPSA) is 54.5 Å². The molecule has 21 heavy (non-hydrogen) atoms. The molecular weight excluding hydrogens is 310 g/mol. The highest BCUT2D eigenvalue weighted by Crippen LogP contribution is 2.28. The molecular formula is C15H20ClNO3S. The molecule has 1 aromatic rings. The van der Waals surface area contributed by atoms with E-state index in [0.29, 0.717) is 23.9 Å². The van der Waals surface area contributed by atoms with Crippen LogP contribution in [0.2, 0.25) is 0 Å². The molecule has 1 aliphatic rings. The number of carbonyl (C=O) groups excluding carboxylic acids is 1. The molecule has 0 radical (unpaired) electrons. The van der Waals surface area contributed by atoms with Crippen molar-refractivity contribution >= 4 is 25.6 Å². The molecule has 1 saturated heterocycles. The van der Waals surface area contributed by atoms with Gasteiger partial charge in [-0.1, -0.05) is 19.9 Å². The minimum atomic E-state index is -3.82. The lowest BCUT2D eigenvalue weighted by atomic mass is 9.85. The van der Waals surface area contributed by atoms with Crippen LogP contribution in [0.15, 0.2) is 29.2 Å². The first-order valence-corrected chi connectivity index (χ1v) is 9.36. The number of carbonyl (C=O) groups is 1. The van der Waals surface area contributed by atoms with Crippen molar-refractivity contribution in [1.82, 2.24) is 4.90 Å². The number of halogens is 1. The summed E-state index contributed by atoms with van der Waals surface area (Å²) in [6.07, 6.45) is 1.10. The zero-order valence-corrected chi connectivity index (χ0v) is 14.0. The molecule has 0 aliphatic carbocycles. The molecule has 3 unspecified atom stereocenters. The normalized spacial score (nSPS) is 26.7. The van der Waals surface area contributed by atoms with Crippen LogP contribution in [0, 0.1) is 11.8 Å². The average molecular weight is 330 g/mol. The highest BCUT2D eigenvalue weighted by molar-refractivity contribution is 8.13. The number of rotatable bonds is 2. The predicted molar refractivity (Wildman–Crippen MR) is 82.9 cm³/mol. The summed E-state index contributed by atoms with van der Waals surface area (Å²) >= 11 is 0. The Labute approximate surface area is 130 Å². The Bertz CT molecular complexity index is 644. The molecule has 116 valence electrons. The van der Waals surface area contributed by atoms with Gasteiger partial charge in [-0.05, 0) is 43.4 Å². The molecule has 0 spiro atoms. The number of likely N-dealkylation sites (tertiary alicyclic amines) is 1. The van der Waals surface area contributed by atoms with Crippen molar-refractivity contribution in [3.8, 4) is 0 Å². The van der Waals surface area contributed by atoms with E-state index in [1.165, 1.54) is 12.1 Å². The van der Waals surface area contributed by atoms with Crippen molar-refractivity contribution in [2.24, 2.45) is 11.8 Å². The van der Waals surface area contributed by atoms with Gasteiger partial charge in [-0.25, -0.2) is 8.42 Å². The number of hydrogen-bond donors (Lipinski definition) is 0. The van der Waals surface area contributed by atoms with Crippen LogP contribution in [0.25, 0.3) is 0 Å². The lowest BCUT2D eigenvalue weighted by molar-refractivity contribution is 0.0455. The third-order valence-corrected chi connectivity index (χ3v) is 5.57. The summed E-state index contributed by atoms with van der Waals surface area (Å²) in [5, 5.41) is 0. The lowest BCUT2D eigenvalue weighted by Crippen LogP contribution is -2.48. The van der Waals surface area contributed by atoms with Crippen LogP contribution in [-0.4, -0.2) is 31.8 Å². The van der Waals surface area contributed by atoms with Crippen LogP contribution in [0.5, 0.6) is 0 Å². The predicted octanol–water partition coefficient (Wildman–Crippen LogP) is 3.12. The molecule has 1 fully saturated rings. The van der Waals surface area contributed by atoms with Gasteiger partial charge in [0.15, 0.2) is 0 Å². The van der Waals surface area contributed by atoms with Crippen LogP contribution in [0.4, 0.5) is 0 Å². The summed E-state index contributed by atoms with van der Waals surface area (Å²) < 4.78 is 22.8. The van der Waals surface area contributed by atoms with Gasteiger partial charge in [0.1, 0.15) is 0 Å². The maximum Gasteiger partial charge on any atom is 0.261 e. The van der Waals surface area contributed by atoms with E-state index in [4.69, 9.17) is 10.7 Å². The van der Waals surface area contributed by atoms with Gasteiger partial charge in [-0.2, -0.15) is 0 Å². The van der Waals surface area contributed by atoms with Crippen LogP contribution < -0.4 is 0 Å². The quantitative estimate of drug-likeness (QED) is 0.783. The fourth-order valence-corrected chi connectivity index (χ4v) is 3.73. The zero-order valence-electron chi connectivity index (χ0n) is 12.4. The van der Waals surface area contributed by atoms with E-state index in [2.05, 4.69) is 13.8 Å². The summed E-state index contributed by atoms with van der Waals surface area (Å²) in [6, 6.07) is 6.06. The van der Waals surface area contributed by atoms with Crippen molar-refractivity contribution in [3.63, 3.8) is 0 Å². The number of amides is 1. The van der Waals surface area contributed by atoms with Gasteiger partial charge < -0.3 is 4.90 Å². The highest BCUT2D eigenvalue weighted by Gasteiger charge is 2.32. The summed E-state index contributed by atoms with van der Waals surface area (Å²) in [6.45, 7) is 7.00. The minimum absolute atomic E-state index is 0.0409. The standard InChI is InChI=1S/C15H20ClNO3S/c1-10-7-11(2)12(3)17(9-10)15(18)13-5-4-6-14(8-13)21(16,19)20/h4-6,8,10-12H,7,9H2,1-3H3. The van der Waals surface area contributed by atoms with E-state index in [9.17, 15) is 13.2 Å². The van der Waals surface area contributed by atoms with Gasteiger partial charge in [0, 0.05) is 28.8 Å². The van der Waals surface area contributed by atoms with E-state index in [1.807, 2.05) is 11.8 Å². The van der Waals surface area contributed by atoms with E-state index < -0.39 is 9.05 Å². The smallest absolute Gasteiger partial charge is 0.261 e. The Morgan fingerprint density at radius 3 is 2.57 bits per heavy atom. The Balaban J connectivity index is 2.31. The molecule has 3 atom stereocenters. The molecule has 1 aliphatic heterocycles.